The average molecular weight is 346 g/mol. The van der Waals surface area contributed by atoms with Gasteiger partial charge in [-0.2, -0.15) is 0 Å². The molecule has 0 spiro atoms. The molecule has 1 aromatic heterocycles. The van der Waals surface area contributed by atoms with E-state index < -0.39 is 5.91 Å². The van der Waals surface area contributed by atoms with Crippen LogP contribution in [0, 0.1) is 0 Å². The van der Waals surface area contributed by atoms with Crippen LogP contribution in [-0.2, 0) is 4.79 Å². The maximum atomic E-state index is 12.5. The second-order valence-corrected chi connectivity index (χ2v) is 5.84. The van der Waals surface area contributed by atoms with Crippen molar-refractivity contribution in [1.82, 2.24) is 10.4 Å². The third kappa shape index (κ3) is 4.90. The lowest BCUT2D eigenvalue weighted by Gasteiger charge is -2.20. The molecule has 0 radical (unpaired) electrons. The fraction of sp³-hybridized carbons (Fsp3) is 0.389. The van der Waals surface area contributed by atoms with Crippen molar-refractivity contribution >= 4 is 23.3 Å². The van der Waals surface area contributed by atoms with Gasteiger partial charge in [0.05, 0.1) is 11.9 Å². The summed E-state index contributed by atoms with van der Waals surface area (Å²) in [4.78, 5) is 35.4. The van der Waals surface area contributed by atoms with E-state index in [2.05, 4.69) is 5.32 Å². The van der Waals surface area contributed by atoms with Gasteiger partial charge in [-0.15, -0.1) is 0 Å². The number of hydrogen-bond acceptors (Lipinski definition) is 5. The number of nitrogens with zero attached hydrogens (tertiary/aromatic N) is 1. The normalized spacial score (nSPS) is 11.9. The zero-order chi connectivity index (χ0) is 18.2. The Balaban J connectivity index is 2.15. The predicted molar refractivity (Wildman–Crippen MR) is 92.4 cm³/mol. The monoisotopic (exact) mass is 346 g/mol. The second kappa shape index (κ2) is 8.98. The second-order valence-electron chi connectivity index (χ2n) is 5.84. The summed E-state index contributed by atoms with van der Waals surface area (Å²) in [6, 6.07) is 6.48. The molecule has 0 bridgehead atoms. The van der Waals surface area contributed by atoms with E-state index in [1.807, 2.05) is 6.92 Å². The number of hydrogen-bond donors (Lipinski definition) is 2. The number of carbonyl (C=O) groups is 2. The molecule has 0 fully saturated rings. The number of fused-ring (bicyclic) bond motifs is 1. The van der Waals surface area contributed by atoms with Gasteiger partial charge in [-0.1, -0.05) is 31.9 Å². The molecule has 2 aromatic rings. The lowest BCUT2D eigenvalue weighted by molar-refractivity contribution is -0.150. The van der Waals surface area contributed by atoms with Crippen molar-refractivity contribution in [2.45, 2.75) is 38.6 Å². The van der Waals surface area contributed by atoms with E-state index in [0.29, 0.717) is 35.3 Å². The van der Waals surface area contributed by atoms with Crippen LogP contribution in [0.5, 0.6) is 0 Å². The van der Waals surface area contributed by atoms with E-state index in [-0.39, 0.29) is 23.6 Å². The van der Waals surface area contributed by atoms with Crippen LogP contribution >= 0.6 is 0 Å². The molecule has 1 atom stereocenters. The largest absolute Gasteiger partial charge is 0.463 e. The van der Waals surface area contributed by atoms with E-state index in [1.165, 1.54) is 6.26 Å². The van der Waals surface area contributed by atoms with Crippen LogP contribution in [0.15, 0.2) is 39.7 Å². The Morgan fingerprint density at radius 1 is 1.36 bits per heavy atom. The highest BCUT2D eigenvalue weighted by Crippen LogP contribution is 2.11. The lowest BCUT2D eigenvalue weighted by atomic mass is 10.1. The summed E-state index contributed by atoms with van der Waals surface area (Å²) in [7, 11) is 0. The Labute approximate surface area is 145 Å². The van der Waals surface area contributed by atoms with Crippen LogP contribution in [0.2, 0.25) is 0 Å². The molecule has 134 valence electrons. The van der Waals surface area contributed by atoms with Crippen LogP contribution < -0.4 is 10.7 Å². The summed E-state index contributed by atoms with van der Waals surface area (Å²) in [5.74, 6) is -0.517. The molecular weight excluding hydrogens is 324 g/mol. The molecule has 2 N–H and O–H groups in total. The first-order chi connectivity index (χ1) is 12.1. The molecule has 7 nitrogen and oxygen atoms in total. The van der Waals surface area contributed by atoms with Gasteiger partial charge in [-0.05, 0) is 25.0 Å². The molecule has 2 rings (SSSR count). The van der Waals surface area contributed by atoms with Crippen LogP contribution in [-0.4, -0.2) is 35.2 Å². The van der Waals surface area contributed by atoms with Gasteiger partial charge in [0.25, 0.3) is 5.91 Å². The fourth-order valence-electron chi connectivity index (χ4n) is 2.58. The van der Waals surface area contributed by atoms with Gasteiger partial charge in [0.15, 0.2) is 0 Å². The Morgan fingerprint density at radius 3 is 2.84 bits per heavy atom. The van der Waals surface area contributed by atoms with Crippen molar-refractivity contribution in [3.8, 4) is 0 Å². The minimum Gasteiger partial charge on any atom is -0.463 e. The van der Waals surface area contributed by atoms with Gasteiger partial charge >= 0.3 is 0 Å². The van der Waals surface area contributed by atoms with Gasteiger partial charge < -0.3 is 9.73 Å². The number of rotatable bonds is 9. The minimum atomic E-state index is -0.517. The van der Waals surface area contributed by atoms with E-state index >= 15 is 0 Å². The number of hydroxylamine groups is 2. The molecule has 0 aliphatic rings. The molecule has 0 aliphatic heterocycles. The van der Waals surface area contributed by atoms with Crippen molar-refractivity contribution in [2.24, 2.45) is 0 Å². The Bertz CT molecular complexity index is 786. The zero-order valence-electron chi connectivity index (χ0n) is 14.1. The van der Waals surface area contributed by atoms with E-state index in [9.17, 15) is 19.6 Å². The number of para-hydroxylation sites is 1. The van der Waals surface area contributed by atoms with Gasteiger partial charge in [-0.3, -0.25) is 19.6 Å². The molecule has 25 heavy (non-hydrogen) atoms. The van der Waals surface area contributed by atoms with Crippen LogP contribution in [0.1, 0.15) is 43.0 Å². The predicted octanol–water partition coefficient (Wildman–Crippen LogP) is 2.32. The zero-order valence-corrected chi connectivity index (χ0v) is 14.1. The summed E-state index contributed by atoms with van der Waals surface area (Å²) in [6.45, 7) is 2.13. The molecule has 7 heteroatoms. The Morgan fingerprint density at radius 2 is 2.12 bits per heavy atom. The molecule has 0 aliphatic carbocycles. The smallest absolute Gasteiger partial charge is 0.258 e. The molecule has 2 amide bonds. The number of amides is 2. The van der Waals surface area contributed by atoms with Crippen molar-refractivity contribution < 1.29 is 19.2 Å². The van der Waals surface area contributed by atoms with Crippen molar-refractivity contribution in [3.05, 3.63) is 46.3 Å². The van der Waals surface area contributed by atoms with E-state index in [4.69, 9.17) is 4.42 Å². The number of unbranched alkanes of at least 4 members (excludes halogenated alkanes) is 1. The Kier molecular flexibility index (Phi) is 6.71. The minimum absolute atomic E-state index is 0.0589. The molecule has 1 heterocycles. The van der Waals surface area contributed by atoms with E-state index in [0.717, 1.165) is 12.8 Å². The quantitative estimate of drug-likeness (QED) is 0.412. The third-order valence-corrected chi connectivity index (χ3v) is 3.99. The van der Waals surface area contributed by atoms with Crippen molar-refractivity contribution in [1.29, 1.82) is 0 Å². The highest BCUT2D eigenvalue weighted by atomic mass is 16.5. The highest BCUT2D eigenvalue weighted by Gasteiger charge is 2.18. The van der Waals surface area contributed by atoms with Gasteiger partial charge in [-0.25, -0.2) is 5.06 Å². The average Bonchev–Trinajstić information content (AvgIpc) is 2.63. The molecule has 0 saturated carbocycles. The molecular formula is C18H22N2O5. The van der Waals surface area contributed by atoms with Gasteiger partial charge in [0, 0.05) is 6.04 Å². The maximum absolute atomic E-state index is 12.5. The van der Waals surface area contributed by atoms with Gasteiger partial charge in [0.2, 0.25) is 11.8 Å². The third-order valence-electron chi connectivity index (χ3n) is 3.99. The fourth-order valence-corrected chi connectivity index (χ4v) is 2.58. The molecule has 1 aromatic carbocycles. The van der Waals surface area contributed by atoms with Crippen molar-refractivity contribution in [3.63, 3.8) is 0 Å². The Hall–Kier alpha value is -2.67. The topological polar surface area (TPSA) is 99.8 Å². The maximum Gasteiger partial charge on any atom is 0.258 e. The standard InChI is InChI=1S/C18H22N2O5/c1-2-3-6-13(9-10-20(24)12-21)19-18(23)15-11-25-16-8-5-4-7-14(16)17(15)22/h4-5,7-8,11-13,24H,2-3,6,9-10H2,1H3,(H,19,23)/t13-/m1/s1. The first kappa shape index (κ1) is 18.7. The summed E-state index contributed by atoms with van der Waals surface area (Å²) >= 11 is 0. The summed E-state index contributed by atoms with van der Waals surface area (Å²) in [6.07, 6.45) is 4.38. The lowest BCUT2D eigenvalue weighted by Crippen LogP contribution is -2.39. The molecule has 0 unspecified atom stereocenters. The van der Waals surface area contributed by atoms with Gasteiger partial charge in [0.1, 0.15) is 17.4 Å². The number of carbonyl (C=O) groups excluding carboxylic acids is 2. The highest BCUT2D eigenvalue weighted by molar-refractivity contribution is 5.96. The number of benzene rings is 1. The SMILES string of the molecule is CCCC[C@H](CCN(O)C=O)NC(=O)c1coc2ccccc2c1=O. The summed E-state index contributed by atoms with van der Waals surface area (Å²) in [5.41, 5.74) is -0.0183. The first-order valence-corrected chi connectivity index (χ1v) is 8.29. The number of nitrogens with one attached hydrogen (secondary N) is 1. The van der Waals surface area contributed by atoms with Crippen LogP contribution in [0.4, 0.5) is 0 Å². The summed E-state index contributed by atoms with van der Waals surface area (Å²) < 4.78 is 5.37. The van der Waals surface area contributed by atoms with Crippen LogP contribution in [0.25, 0.3) is 11.0 Å². The summed E-state index contributed by atoms with van der Waals surface area (Å²) in [5, 5.41) is 12.9. The first-order valence-electron chi connectivity index (χ1n) is 8.29. The molecule has 0 saturated heterocycles. The van der Waals surface area contributed by atoms with Crippen molar-refractivity contribution in [2.75, 3.05) is 6.54 Å². The van der Waals surface area contributed by atoms with E-state index in [1.54, 1.807) is 24.3 Å². The van der Waals surface area contributed by atoms with Crippen LogP contribution in [0.3, 0.4) is 0 Å².